The van der Waals surface area contributed by atoms with E-state index in [2.05, 4.69) is 5.16 Å². The molecular formula is C15H14F2N2O2. The highest BCUT2D eigenvalue weighted by atomic mass is 19.1. The molecule has 0 aliphatic rings. The highest BCUT2D eigenvalue weighted by molar-refractivity contribution is 5.98. The second-order valence-corrected chi connectivity index (χ2v) is 4.49. The molecule has 6 heteroatoms. The molecule has 0 aliphatic heterocycles. The van der Waals surface area contributed by atoms with Gasteiger partial charge in [0, 0.05) is 11.1 Å². The summed E-state index contributed by atoms with van der Waals surface area (Å²) < 4.78 is 31.9. The molecule has 0 amide bonds. The number of benzene rings is 2. The summed E-state index contributed by atoms with van der Waals surface area (Å²) in [5.41, 5.74) is 6.76. The molecule has 0 aliphatic carbocycles. The number of nitrogens with zero attached hydrogens (tertiary/aromatic N) is 1. The standard InChI is InChI=1S/C15H14F2N2O2/c1-9-6-12(4-5-14(9)17)21-8-10-2-3-11(16)7-13(10)15(18)19-20/h2-7,20H,8H2,1H3,(H2,18,19). The van der Waals surface area contributed by atoms with E-state index in [1.807, 2.05) is 0 Å². The fourth-order valence-electron chi connectivity index (χ4n) is 1.83. The second-order valence-electron chi connectivity index (χ2n) is 4.49. The number of hydrogen-bond donors (Lipinski definition) is 2. The summed E-state index contributed by atoms with van der Waals surface area (Å²) in [7, 11) is 0. The van der Waals surface area contributed by atoms with Gasteiger partial charge in [-0.3, -0.25) is 0 Å². The molecule has 0 atom stereocenters. The lowest BCUT2D eigenvalue weighted by molar-refractivity contribution is 0.304. The van der Waals surface area contributed by atoms with E-state index in [0.717, 1.165) is 6.07 Å². The Bertz CT molecular complexity index is 687. The predicted molar refractivity (Wildman–Crippen MR) is 74.4 cm³/mol. The quantitative estimate of drug-likeness (QED) is 0.394. The third-order valence-electron chi connectivity index (χ3n) is 2.98. The highest BCUT2D eigenvalue weighted by Gasteiger charge is 2.10. The van der Waals surface area contributed by atoms with Gasteiger partial charge in [0.2, 0.25) is 0 Å². The van der Waals surface area contributed by atoms with Crippen LogP contribution in [-0.2, 0) is 6.61 Å². The van der Waals surface area contributed by atoms with Crippen molar-refractivity contribution >= 4 is 5.84 Å². The Morgan fingerprint density at radius 2 is 2.00 bits per heavy atom. The summed E-state index contributed by atoms with van der Waals surface area (Å²) in [6.45, 7) is 1.71. The summed E-state index contributed by atoms with van der Waals surface area (Å²) in [6.07, 6.45) is 0. The van der Waals surface area contributed by atoms with Crippen molar-refractivity contribution in [1.29, 1.82) is 0 Å². The van der Waals surface area contributed by atoms with Crippen LogP contribution in [0, 0.1) is 18.6 Å². The molecule has 0 heterocycles. The van der Waals surface area contributed by atoms with Crippen LogP contribution in [0.25, 0.3) is 0 Å². The van der Waals surface area contributed by atoms with Crippen molar-refractivity contribution in [3.63, 3.8) is 0 Å². The van der Waals surface area contributed by atoms with Crippen LogP contribution in [-0.4, -0.2) is 11.0 Å². The van der Waals surface area contributed by atoms with Gasteiger partial charge in [0.05, 0.1) is 0 Å². The van der Waals surface area contributed by atoms with Gasteiger partial charge in [-0.2, -0.15) is 0 Å². The topological polar surface area (TPSA) is 67.8 Å². The van der Waals surface area contributed by atoms with Gasteiger partial charge in [0.1, 0.15) is 24.0 Å². The molecule has 4 nitrogen and oxygen atoms in total. The van der Waals surface area contributed by atoms with E-state index >= 15 is 0 Å². The Morgan fingerprint density at radius 1 is 1.24 bits per heavy atom. The molecule has 0 bridgehead atoms. The Morgan fingerprint density at radius 3 is 2.67 bits per heavy atom. The molecule has 0 saturated carbocycles. The predicted octanol–water partition coefficient (Wildman–Crippen LogP) is 2.95. The van der Waals surface area contributed by atoms with Gasteiger partial charge >= 0.3 is 0 Å². The maximum Gasteiger partial charge on any atom is 0.170 e. The smallest absolute Gasteiger partial charge is 0.170 e. The number of rotatable bonds is 4. The second kappa shape index (κ2) is 6.21. The first kappa shape index (κ1) is 14.8. The summed E-state index contributed by atoms with van der Waals surface area (Å²) in [5, 5.41) is 11.6. The summed E-state index contributed by atoms with van der Waals surface area (Å²) >= 11 is 0. The molecule has 0 unspecified atom stereocenters. The lowest BCUT2D eigenvalue weighted by atomic mass is 10.1. The maximum atomic E-state index is 13.2. The van der Waals surface area contributed by atoms with Crippen molar-refractivity contribution in [2.24, 2.45) is 10.9 Å². The van der Waals surface area contributed by atoms with Gasteiger partial charge < -0.3 is 15.7 Å². The number of hydrogen-bond acceptors (Lipinski definition) is 3. The summed E-state index contributed by atoms with van der Waals surface area (Å²) in [6, 6.07) is 8.25. The molecule has 2 aromatic rings. The van der Waals surface area contributed by atoms with Crippen LogP contribution >= 0.6 is 0 Å². The third-order valence-corrected chi connectivity index (χ3v) is 2.98. The number of halogens is 2. The minimum absolute atomic E-state index is 0.0803. The normalized spacial score (nSPS) is 11.5. The van der Waals surface area contributed by atoms with Gasteiger partial charge in [0.15, 0.2) is 5.84 Å². The Labute approximate surface area is 120 Å². The van der Waals surface area contributed by atoms with Crippen molar-refractivity contribution in [2.75, 3.05) is 0 Å². The first-order valence-corrected chi connectivity index (χ1v) is 6.16. The van der Waals surface area contributed by atoms with Gasteiger partial charge in [-0.05, 0) is 42.8 Å². The Kier molecular flexibility index (Phi) is 4.37. The van der Waals surface area contributed by atoms with Crippen LogP contribution in [0.4, 0.5) is 8.78 Å². The van der Waals surface area contributed by atoms with Crippen LogP contribution in [0.2, 0.25) is 0 Å². The third kappa shape index (κ3) is 3.47. The van der Waals surface area contributed by atoms with E-state index in [0.29, 0.717) is 16.9 Å². The average molecular weight is 292 g/mol. The largest absolute Gasteiger partial charge is 0.489 e. The van der Waals surface area contributed by atoms with Crippen LogP contribution in [0.3, 0.4) is 0 Å². The molecule has 2 aromatic carbocycles. The monoisotopic (exact) mass is 292 g/mol. The van der Waals surface area contributed by atoms with E-state index in [4.69, 9.17) is 15.7 Å². The molecule has 0 radical (unpaired) electrons. The lowest BCUT2D eigenvalue weighted by Gasteiger charge is -2.11. The minimum Gasteiger partial charge on any atom is -0.489 e. The van der Waals surface area contributed by atoms with Gasteiger partial charge in [0.25, 0.3) is 0 Å². The molecule has 3 N–H and O–H groups in total. The molecule has 0 spiro atoms. The zero-order chi connectivity index (χ0) is 15.4. The van der Waals surface area contributed by atoms with E-state index < -0.39 is 5.82 Å². The van der Waals surface area contributed by atoms with Crippen LogP contribution < -0.4 is 10.5 Å². The fraction of sp³-hybridized carbons (Fsp3) is 0.133. The maximum absolute atomic E-state index is 13.2. The summed E-state index contributed by atoms with van der Waals surface area (Å²) in [5.74, 6) is -0.550. The molecule has 0 fully saturated rings. The molecule has 21 heavy (non-hydrogen) atoms. The number of amidine groups is 1. The highest BCUT2D eigenvalue weighted by Crippen LogP contribution is 2.19. The van der Waals surface area contributed by atoms with Crippen molar-refractivity contribution in [3.8, 4) is 5.75 Å². The SMILES string of the molecule is Cc1cc(OCc2ccc(F)cc2/C(N)=N/O)ccc1F. The minimum atomic E-state index is -0.502. The molecule has 0 saturated heterocycles. The van der Waals surface area contributed by atoms with Crippen molar-refractivity contribution in [3.05, 3.63) is 64.7 Å². The zero-order valence-corrected chi connectivity index (χ0v) is 11.3. The van der Waals surface area contributed by atoms with E-state index in [-0.39, 0.29) is 23.8 Å². The number of nitrogens with two attached hydrogens (primary N) is 1. The average Bonchev–Trinajstić information content (AvgIpc) is 2.48. The summed E-state index contributed by atoms with van der Waals surface area (Å²) in [4.78, 5) is 0. The number of aryl methyl sites for hydroxylation is 1. The molecular weight excluding hydrogens is 278 g/mol. The van der Waals surface area contributed by atoms with Gasteiger partial charge in [-0.15, -0.1) is 0 Å². The van der Waals surface area contributed by atoms with E-state index in [1.165, 1.54) is 24.3 Å². The van der Waals surface area contributed by atoms with E-state index in [9.17, 15) is 8.78 Å². The van der Waals surface area contributed by atoms with Crippen molar-refractivity contribution in [1.82, 2.24) is 0 Å². The van der Waals surface area contributed by atoms with Crippen molar-refractivity contribution < 1.29 is 18.7 Å². The van der Waals surface area contributed by atoms with Crippen molar-refractivity contribution in [2.45, 2.75) is 13.5 Å². The van der Waals surface area contributed by atoms with Gasteiger partial charge in [-0.25, -0.2) is 8.78 Å². The number of oxime groups is 1. The first-order valence-electron chi connectivity index (χ1n) is 6.16. The van der Waals surface area contributed by atoms with Gasteiger partial charge in [-0.1, -0.05) is 11.2 Å². The van der Waals surface area contributed by atoms with Crippen LogP contribution in [0.5, 0.6) is 5.75 Å². The zero-order valence-electron chi connectivity index (χ0n) is 11.3. The Balaban J connectivity index is 2.21. The van der Waals surface area contributed by atoms with Crippen LogP contribution in [0.15, 0.2) is 41.6 Å². The van der Waals surface area contributed by atoms with Crippen LogP contribution in [0.1, 0.15) is 16.7 Å². The molecule has 0 aromatic heterocycles. The first-order chi connectivity index (χ1) is 10.0. The lowest BCUT2D eigenvalue weighted by Crippen LogP contribution is -2.17. The molecule has 2 rings (SSSR count). The molecule has 110 valence electrons. The number of ether oxygens (including phenoxy) is 1. The Hall–Kier alpha value is -2.63. The fourth-order valence-corrected chi connectivity index (χ4v) is 1.83. The van der Waals surface area contributed by atoms with E-state index in [1.54, 1.807) is 13.0 Å².